The Hall–Kier alpha value is -1.88. The highest BCUT2D eigenvalue weighted by Gasteiger charge is 2.17. The summed E-state index contributed by atoms with van der Waals surface area (Å²) >= 11 is 3.19. The van der Waals surface area contributed by atoms with Crippen LogP contribution in [0.15, 0.2) is 46.9 Å². The molecular weight excluding hydrogens is 323 g/mol. The van der Waals surface area contributed by atoms with Crippen LogP contribution < -0.4 is 5.73 Å². The third-order valence-electron chi connectivity index (χ3n) is 2.93. The van der Waals surface area contributed by atoms with Gasteiger partial charge in [0.15, 0.2) is 0 Å². The highest BCUT2D eigenvalue weighted by Crippen LogP contribution is 2.24. The van der Waals surface area contributed by atoms with Gasteiger partial charge in [-0.25, -0.2) is 4.39 Å². The van der Waals surface area contributed by atoms with Crippen LogP contribution in [0.3, 0.4) is 0 Å². The average Bonchev–Trinajstić information content (AvgIpc) is 2.43. The first-order chi connectivity index (χ1) is 9.49. The van der Waals surface area contributed by atoms with Crippen LogP contribution in [0.1, 0.15) is 15.9 Å². The van der Waals surface area contributed by atoms with Crippen LogP contribution in [0.4, 0.5) is 10.1 Å². The van der Waals surface area contributed by atoms with E-state index in [0.29, 0.717) is 16.6 Å². The fourth-order valence-corrected chi connectivity index (χ4v) is 2.35. The summed E-state index contributed by atoms with van der Waals surface area (Å²) in [7, 11) is 1.70. The molecule has 20 heavy (non-hydrogen) atoms. The Morgan fingerprint density at radius 3 is 2.60 bits per heavy atom. The number of hydrogen-bond donors (Lipinski definition) is 1. The lowest BCUT2D eigenvalue weighted by Gasteiger charge is -2.18. The average molecular weight is 337 g/mol. The molecule has 0 bridgehead atoms. The van der Waals surface area contributed by atoms with E-state index in [2.05, 4.69) is 15.9 Å². The molecule has 0 aliphatic rings. The quantitative estimate of drug-likeness (QED) is 0.872. The fraction of sp³-hybridized carbons (Fsp3) is 0.133. The largest absolute Gasteiger partial charge is 0.396 e. The monoisotopic (exact) mass is 336 g/mol. The van der Waals surface area contributed by atoms with Crippen molar-refractivity contribution in [1.29, 1.82) is 0 Å². The van der Waals surface area contributed by atoms with Gasteiger partial charge in [-0.3, -0.25) is 4.79 Å². The Kier molecular flexibility index (Phi) is 4.39. The van der Waals surface area contributed by atoms with Crippen molar-refractivity contribution in [1.82, 2.24) is 4.90 Å². The molecule has 0 fully saturated rings. The summed E-state index contributed by atoms with van der Waals surface area (Å²) in [6, 6.07) is 12.2. The predicted octanol–water partition coefficient (Wildman–Crippen LogP) is 3.44. The second-order valence-electron chi connectivity index (χ2n) is 4.50. The fourth-order valence-electron chi connectivity index (χ4n) is 1.86. The van der Waals surface area contributed by atoms with E-state index in [1.165, 1.54) is 12.1 Å². The van der Waals surface area contributed by atoms with E-state index >= 15 is 0 Å². The molecule has 0 saturated heterocycles. The number of anilines is 1. The zero-order chi connectivity index (χ0) is 14.7. The first-order valence-electron chi connectivity index (χ1n) is 6.03. The lowest BCUT2D eigenvalue weighted by Crippen LogP contribution is -2.26. The molecule has 2 N–H and O–H groups in total. The second-order valence-corrected chi connectivity index (χ2v) is 5.35. The Balaban J connectivity index is 2.21. The Morgan fingerprint density at radius 1 is 1.30 bits per heavy atom. The van der Waals surface area contributed by atoms with Crippen LogP contribution in [0.5, 0.6) is 0 Å². The van der Waals surface area contributed by atoms with E-state index in [1.807, 2.05) is 30.3 Å². The van der Waals surface area contributed by atoms with E-state index in [9.17, 15) is 9.18 Å². The van der Waals surface area contributed by atoms with Gasteiger partial charge in [-0.05, 0) is 33.6 Å². The van der Waals surface area contributed by atoms with Gasteiger partial charge in [0, 0.05) is 18.1 Å². The van der Waals surface area contributed by atoms with Crippen molar-refractivity contribution in [2.75, 3.05) is 12.8 Å². The van der Waals surface area contributed by atoms with Crippen molar-refractivity contribution < 1.29 is 9.18 Å². The summed E-state index contributed by atoms with van der Waals surface area (Å²) in [5.74, 6) is -0.758. The van der Waals surface area contributed by atoms with Gasteiger partial charge < -0.3 is 10.6 Å². The maximum atomic E-state index is 13.3. The molecule has 0 aliphatic heterocycles. The third-order valence-corrected chi connectivity index (χ3v) is 3.58. The molecule has 0 unspecified atom stereocenters. The summed E-state index contributed by atoms with van der Waals surface area (Å²) in [5, 5.41) is 0. The molecule has 1 amide bonds. The van der Waals surface area contributed by atoms with E-state index < -0.39 is 5.82 Å². The summed E-state index contributed by atoms with van der Waals surface area (Å²) < 4.78 is 13.7. The maximum absolute atomic E-state index is 13.3. The van der Waals surface area contributed by atoms with Gasteiger partial charge in [0.2, 0.25) is 0 Å². The predicted molar refractivity (Wildman–Crippen MR) is 80.8 cm³/mol. The molecule has 0 atom stereocenters. The molecule has 0 radical (unpaired) electrons. The molecule has 0 aromatic heterocycles. The lowest BCUT2D eigenvalue weighted by atomic mass is 10.1. The van der Waals surface area contributed by atoms with Crippen LogP contribution in [0.25, 0.3) is 0 Å². The Labute approximate surface area is 125 Å². The molecule has 3 nitrogen and oxygen atoms in total. The SMILES string of the molecule is CN(Cc1ccccc1)C(=O)c1cc(N)c(F)cc1Br. The summed E-state index contributed by atoms with van der Waals surface area (Å²) in [6.45, 7) is 0.476. The molecular formula is C15H14BrFN2O. The number of benzene rings is 2. The van der Waals surface area contributed by atoms with E-state index in [0.717, 1.165) is 5.56 Å². The minimum atomic E-state index is -0.542. The number of amides is 1. The number of carbonyl (C=O) groups excluding carboxylic acids is 1. The van der Waals surface area contributed by atoms with Crippen LogP contribution >= 0.6 is 15.9 Å². The first kappa shape index (κ1) is 14.5. The third kappa shape index (κ3) is 3.17. The molecule has 0 aliphatic carbocycles. The molecule has 0 heterocycles. The molecule has 2 rings (SSSR count). The number of carbonyl (C=O) groups is 1. The van der Waals surface area contributed by atoms with Gasteiger partial charge in [-0.15, -0.1) is 0 Å². The normalized spacial score (nSPS) is 10.3. The maximum Gasteiger partial charge on any atom is 0.255 e. The van der Waals surface area contributed by atoms with Crippen molar-refractivity contribution in [3.63, 3.8) is 0 Å². The standard InChI is InChI=1S/C15H14BrFN2O/c1-19(9-10-5-3-2-4-6-10)15(20)11-7-14(18)13(17)8-12(11)16/h2-8H,9,18H2,1H3. The lowest BCUT2D eigenvalue weighted by molar-refractivity contribution is 0.0784. The second kappa shape index (κ2) is 6.05. The smallest absolute Gasteiger partial charge is 0.255 e. The van der Waals surface area contributed by atoms with Crippen LogP contribution in [-0.2, 0) is 6.54 Å². The molecule has 0 spiro atoms. The van der Waals surface area contributed by atoms with Gasteiger partial charge in [0.05, 0.1) is 11.3 Å². The van der Waals surface area contributed by atoms with Crippen molar-refractivity contribution in [2.24, 2.45) is 0 Å². The van der Waals surface area contributed by atoms with Gasteiger partial charge in [-0.2, -0.15) is 0 Å². The van der Waals surface area contributed by atoms with Crippen LogP contribution in [0.2, 0.25) is 0 Å². The molecule has 0 saturated carbocycles. The summed E-state index contributed by atoms with van der Waals surface area (Å²) in [6.07, 6.45) is 0. The Bertz CT molecular complexity index is 631. The molecule has 5 heteroatoms. The number of nitrogen functional groups attached to an aromatic ring is 1. The summed E-state index contributed by atoms with van der Waals surface area (Å²) in [5.41, 5.74) is 6.85. The van der Waals surface area contributed by atoms with E-state index in [1.54, 1.807) is 11.9 Å². The highest BCUT2D eigenvalue weighted by molar-refractivity contribution is 9.10. The van der Waals surface area contributed by atoms with Crippen molar-refractivity contribution in [3.05, 3.63) is 63.9 Å². The minimum Gasteiger partial charge on any atom is -0.396 e. The number of halogens is 2. The minimum absolute atomic E-state index is 0.0374. The van der Waals surface area contributed by atoms with E-state index in [-0.39, 0.29) is 11.6 Å². The molecule has 2 aromatic carbocycles. The van der Waals surface area contributed by atoms with Gasteiger partial charge in [0.25, 0.3) is 5.91 Å². The number of rotatable bonds is 3. The van der Waals surface area contributed by atoms with Gasteiger partial charge >= 0.3 is 0 Å². The van der Waals surface area contributed by atoms with Gasteiger partial charge in [-0.1, -0.05) is 30.3 Å². The topological polar surface area (TPSA) is 46.3 Å². The zero-order valence-electron chi connectivity index (χ0n) is 10.9. The molecule has 2 aromatic rings. The first-order valence-corrected chi connectivity index (χ1v) is 6.82. The highest BCUT2D eigenvalue weighted by atomic mass is 79.9. The number of hydrogen-bond acceptors (Lipinski definition) is 2. The Morgan fingerprint density at radius 2 is 1.95 bits per heavy atom. The van der Waals surface area contributed by atoms with E-state index in [4.69, 9.17) is 5.73 Å². The van der Waals surface area contributed by atoms with Crippen molar-refractivity contribution in [3.8, 4) is 0 Å². The van der Waals surface area contributed by atoms with Gasteiger partial charge in [0.1, 0.15) is 5.82 Å². The van der Waals surface area contributed by atoms with Crippen LogP contribution in [-0.4, -0.2) is 17.9 Å². The van der Waals surface area contributed by atoms with Crippen molar-refractivity contribution >= 4 is 27.5 Å². The summed E-state index contributed by atoms with van der Waals surface area (Å²) in [4.78, 5) is 13.9. The zero-order valence-corrected chi connectivity index (χ0v) is 12.5. The number of nitrogens with zero attached hydrogens (tertiary/aromatic N) is 1. The number of nitrogens with two attached hydrogens (primary N) is 1. The van der Waals surface area contributed by atoms with Crippen LogP contribution in [0, 0.1) is 5.82 Å². The van der Waals surface area contributed by atoms with Crippen molar-refractivity contribution in [2.45, 2.75) is 6.54 Å². The molecule has 104 valence electrons.